The van der Waals surface area contributed by atoms with E-state index >= 15 is 0 Å². The molecule has 0 spiro atoms. The van der Waals surface area contributed by atoms with Crippen molar-refractivity contribution in [3.63, 3.8) is 0 Å². The first-order valence-corrected chi connectivity index (χ1v) is 9.64. The third-order valence-corrected chi connectivity index (χ3v) is 8.50. The molecule has 0 bridgehead atoms. The molecule has 0 amide bonds. The Balaban J connectivity index is 1.56. The molecule has 2 nitrogen and oxygen atoms in total. The van der Waals surface area contributed by atoms with Crippen LogP contribution in [0.3, 0.4) is 0 Å². The average molecular weight is 394 g/mol. The van der Waals surface area contributed by atoms with Crippen LogP contribution in [0.1, 0.15) is 11.5 Å². The van der Waals surface area contributed by atoms with Gasteiger partial charge in [0.2, 0.25) is 0 Å². The van der Waals surface area contributed by atoms with Crippen LogP contribution in [0.5, 0.6) is 0 Å². The molecule has 0 saturated carbocycles. The predicted molar refractivity (Wildman–Crippen MR) is 83.2 cm³/mol. The van der Waals surface area contributed by atoms with Gasteiger partial charge in [0.15, 0.2) is 0 Å². The van der Waals surface area contributed by atoms with Gasteiger partial charge in [0.05, 0.1) is 0 Å². The summed E-state index contributed by atoms with van der Waals surface area (Å²) in [6, 6.07) is 7.72. The summed E-state index contributed by atoms with van der Waals surface area (Å²) in [5.74, 6) is 1.80. The molecule has 0 saturated heterocycles. The number of furan rings is 2. The van der Waals surface area contributed by atoms with Gasteiger partial charge >= 0.3 is 130 Å². The van der Waals surface area contributed by atoms with Gasteiger partial charge in [-0.3, -0.25) is 0 Å². The van der Waals surface area contributed by atoms with E-state index in [1.165, 1.54) is 7.84 Å². The second kappa shape index (κ2) is 6.83. The molecule has 0 atom stereocenters. The Morgan fingerprint density at radius 2 is 1.65 bits per heavy atom. The number of rotatable bonds is 4. The van der Waals surface area contributed by atoms with Crippen molar-refractivity contribution in [1.82, 2.24) is 0 Å². The third-order valence-electron chi connectivity index (χ3n) is 2.50. The zero-order valence-corrected chi connectivity index (χ0v) is 14.0. The molecule has 100 valence electrons. The Kier molecular flexibility index (Phi) is 4.62. The van der Waals surface area contributed by atoms with Gasteiger partial charge in [-0.2, -0.15) is 0 Å². The molecule has 0 N–H and O–H groups in total. The topological polar surface area (TPSA) is 26.3 Å². The molecule has 1 aliphatic rings. The van der Waals surface area contributed by atoms with Crippen LogP contribution in [-0.4, -0.2) is 29.9 Å². The van der Waals surface area contributed by atoms with Gasteiger partial charge < -0.3 is 0 Å². The van der Waals surface area contributed by atoms with Gasteiger partial charge in [-0.15, -0.1) is 0 Å². The van der Waals surface area contributed by atoms with Gasteiger partial charge in [0.25, 0.3) is 0 Å². The molecular formula is C16H12O2Se2. The van der Waals surface area contributed by atoms with Crippen LogP contribution in [-0.2, 0) is 0 Å². The minimum absolute atomic E-state index is 0.441. The Hall–Kier alpha value is -1.44. The third kappa shape index (κ3) is 3.78. The van der Waals surface area contributed by atoms with Gasteiger partial charge in [-0.1, -0.05) is 0 Å². The van der Waals surface area contributed by atoms with E-state index in [0.29, 0.717) is 29.9 Å². The van der Waals surface area contributed by atoms with Crippen LogP contribution in [0.15, 0.2) is 76.7 Å². The maximum absolute atomic E-state index is 5.29. The van der Waals surface area contributed by atoms with E-state index in [9.17, 15) is 0 Å². The molecule has 0 unspecified atom stereocenters. The SMILES string of the molecule is C1=C(/C=C/c2ccco2)[Se]/C(=C/C=C/c2ccco2)[Se]1. The zero-order valence-electron chi connectivity index (χ0n) is 10.6. The average Bonchev–Trinajstić information content (AvgIpc) is 3.20. The summed E-state index contributed by atoms with van der Waals surface area (Å²) >= 11 is 0.924. The Morgan fingerprint density at radius 3 is 2.35 bits per heavy atom. The van der Waals surface area contributed by atoms with Crippen LogP contribution in [0.4, 0.5) is 0 Å². The van der Waals surface area contributed by atoms with Crippen molar-refractivity contribution in [2.75, 3.05) is 0 Å². The molecule has 1 aliphatic heterocycles. The molecule has 20 heavy (non-hydrogen) atoms. The maximum atomic E-state index is 5.29. The zero-order chi connectivity index (χ0) is 13.6. The first-order valence-electron chi connectivity index (χ1n) is 6.08. The van der Waals surface area contributed by atoms with Crippen molar-refractivity contribution in [3.05, 3.63) is 79.4 Å². The molecular weight excluding hydrogens is 382 g/mol. The summed E-state index contributed by atoms with van der Waals surface area (Å²) in [6.45, 7) is 0. The van der Waals surface area contributed by atoms with E-state index in [0.717, 1.165) is 11.5 Å². The van der Waals surface area contributed by atoms with Crippen LogP contribution in [0, 0.1) is 0 Å². The summed E-state index contributed by atoms with van der Waals surface area (Å²) in [5.41, 5.74) is 0. The summed E-state index contributed by atoms with van der Waals surface area (Å²) in [6.07, 6.45) is 13.9. The molecule has 0 aliphatic carbocycles. The molecule has 2 aromatic rings. The fourth-order valence-electron chi connectivity index (χ4n) is 1.59. The minimum atomic E-state index is 0.441. The van der Waals surface area contributed by atoms with Crippen molar-refractivity contribution in [1.29, 1.82) is 0 Å². The number of hydrogen-bond acceptors (Lipinski definition) is 2. The first-order chi connectivity index (χ1) is 9.90. The molecule has 0 radical (unpaired) electrons. The van der Waals surface area contributed by atoms with Crippen molar-refractivity contribution in [2.45, 2.75) is 0 Å². The molecule has 4 heteroatoms. The first kappa shape index (κ1) is 13.5. The van der Waals surface area contributed by atoms with Gasteiger partial charge in [0, 0.05) is 0 Å². The van der Waals surface area contributed by atoms with E-state index in [2.05, 4.69) is 23.2 Å². The van der Waals surface area contributed by atoms with Crippen LogP contribution >= 0.6 is 0 Å². The fraction of sp³-hybridized carbons (Fsp3) is 0. The quantitative estimate of drug-likeness (QED) is 0.740. The molecule has 0 aromatic carbocycles. The van der Waals surface area contributed by atoms with Gasteiger partial charge in [-0.05, 0) is 0 Å². The van der Waals surface area contributed by atoms with Crippen LogP contribution in [0.2, 0.25) is 0 Å². The van der Waals surface area contributed by atoms with Crippen molar-refractivity contribution in [3.8, 4) is 0 Å². The van der Waals surface area contributed by atoms with E-state index < -0.39 is 0 Å². The monoisotopic (exact) mass is 396 g/mol. The van der Waals surface area contributed by atoms with Crippen LogP contribution in [0.25, 0.3) is 12.2 Å². The van der Waals surface area contributed by atoms with E-state index in [-0.39, 0.29) is 0 Å². The molecule has 3 rings (SSSR count). The fourth-order valence-corrected chi connectivity index (χ4v) is 7.00. The summed E-state index contributed by atoms with van der Waals surface area (Å²) in [4.78, 5) is 2.35. The molecule has 0 fully saturated rings. The van der Waals surface area contributed by atoms with E-state index in [4.69, 9.17) is 8.83 Å². The molecule has 2 aromatic heterocycles. The van der Waals surface area contributed by atoms with Crippen molar-refractivity contribution in [2.24, 2.45) is 0 Å². The summed E-state index contributed by atoms with van der Waals surface area (Å²) in [7, 11) is 0. The normalized spacial score (nSPS) is 17.6. The standard InChI is InChI=1S/C16H12O2Se2/c1(4-13-5-2-10-17-13)7-16-19-12-15(20-16)9-8-14-6-3-11-18-14/h1-12H/b4-1+,9-8+,16-7+. The second-order valence-electron chi connectivity index (χ2n) is 3.95. The van der Waals surface area contributed by atoms with Gasteiger partial charge in [0.1, 0.15) is 0 Å². The second-order valence-corrected chi connectivity index (χ2v) is 9.51. The Bertz CT molecular complexity index is 659. The summed E-state index contributed by atoms with van der Waals surface area (Å²) < 4.78 is 13.5. The number of hydrogen-bond donors (Lipinski definition) is 0. The number of allylic oxidation sites excluding steroid dienone is 4. The van der Waals surface area contributed by atoms with Crippen molar-refractivity contribution >= 4 is 42.1 Å². The molecule has 3 heterocycles. The predicted octanol–water partition coefficient (Wildman–Crippen LogP) is 3.70. The Morgan fingerprint density at radius 1 is 0.900 bits per heavy atom. The van der Waals surface area contributed by atoms with Gasteiger partial charge in [-0.25, -0.2) is 0 Å². The van der Waals surface area contributed by atoms with E-state index in [1.807, 2.05) is 36.4 Å². The Labute approximate surface area is 130 Å². The van der Waals surface area contributed by atoms with Crippen molar-refractivity contribution < 1.29 is 8.83 Å². The summed E-state index contributed by atoms with van der Waals surface area (Å²) in [5, 5.41) is 0. The van der Waals surface area contributed by atoms with Crippen LogP contribution < -0.4 is 0 Å². The van der Waals surface area contributed by atoms with E-state index in [1.54, 1.807) is 12.5 Å².